The maximum atomic E-state index is 12.6. The summed E-state index contributed by atoms with van der Waals surface area (Å²) in [5, 5.41) is 0. The zero-order valence-electron chi connectivity index (χ0n) is 70.6. The number of rotatable bonds is 20. The minimum atomic E-state index is -0.666. The Morgan fingerprint density at radius 1 is 0.387 bits per heavy atom. The molecule has 0 aromatic carbocycles. The zero-order chi connectivity index (χ0) is 78.3. The second-order valence-corrected chi connectivity index (χ2v) is 41.7. The van der Waals surface area contributed by atoms with Crippen LogP contribution in [0.4, 0.5) is 0 Å². The summed E-state index contributed by atoms with van der Waals surface area (Å²) >= 11 is 0. The van der Waals surface area contributed by atoms with Gasteiger partial charge in [0.1, 0.15) is 35.1 Å². The van der Waals surface area contributed by atoms with E-state index in [2.05, 4.69) is 55.4 Å². The third kappa shape index (κ3) is 19.1. The first-order valence-corrected chi connectivity index (χ1v) is 43.0. The predicted octanol–water partition coefficient (Wildman–Crippen LogP) is 20.6. The molecule has 0 aromatic rings. The highest BCUT2D eigenvalue weighted by molar-refractivity contribution is 5.79. The highest BCUT2D eigenvalue weighted by Gasteiger charge is 2.62. The highest BCUT2D eigenvalue weighted by Crippen LogP contribution is 2.66. The SMILES string of the molecule is CCC(C)(C)C(=O)OC(C)(C)C12CC3CC(CC(C3)C1)C2.CCC(C)(C)C(=O)OC1(C)C2CC3CC(C2)CC1C3.CCC(C)(C)C(=O)OC1(CC)C2CC3CC(C2)CC1C3.CCC(C)(C)C(=O)OC12CC3CC(CC(C3)C1)C2.CCC(C)(C)C(=O)OC1CCC(=O)O1.CCC(C)(C)C(=O)OC1COC(=O)C1. The van der Waals surface area contributed by atoms with Crippen LogP contribution in [0.15, 0.2) is 0 Å². The molecule has 2 unspecified atom stereocenters. The summed E-state index contributed by atoms with van der Waals surface area (Å²) in [5.74, 6) is 10.4. The maximum absolute atomic E-state index is 12.6. The molecule has 0 amide bonds. The van der Waals surface area contributed by atoms with Crippen LogP contribution in [-0.4, -0.2) is 89.2 Å². The first kappa shape index (κ1) is 85.8. The minimum absolute atomic E-state index is 0.00857. The van der Waals surface area contributed by atoms with E-state index in [1.54, 1.807) is 0 Å². The lowest BCUT2D eigenvalue weighted by molar-refractivity contribution is -0.218. The summed E-state index contributed by atoms with van der Waals surface area (Å²) in [7, 11) is 0. The summed E-state index contributed by atoms with van der Waals surface area (Å²) in [5.41, 5.74) is -2.77. The number of hydrogen-bond acceptors (Lipinski definition) is 16. The fraction of sp³-hybridized carbons (Fsp3) is 0.911. The molecule has 18 rings (SSSR count). The Labute approximate surface area is 640 Å². The predicted molar refractivity (Wildman–Crippen MR) is 411 cm³/mol. The van der Waals surface area contributed by atoms with Crippen molar-refractivity contribution in [1.82, 2.24) is 0 Å². The topological polar surface area (TPSA) is 210 Å². The summed E-state index contributed by atoms with van der Waals surface area (Å²) < 4.78 is 44.3. The summed E-state index contributed by atoms with van der Waals surface area (Å²) in [6, 6.07) is 0. The van der Waals surface area contributed by atoms with Crippen molar-refractivity contribution in [2.24, 2.45) is 121 Å². The van der Waals surface area contributed by atoms with Crippen LogP contribution >= 0.6 is 0 Å². The van der Waals surface area contributed by atoms with Crippen LogP contribution in [0.2, 0.25) is 0 Å². The molecular weight excluding hydrogens is 1340 g/mol. The molecule has 106 heavy (non-hydrogen) atoms. The molecule has 16 nitrogen and oxygen atoms in total. The Morgan fingerprint density at radius 2 is 0.717 bits per heavy atom. The molecule has 18 aliphatic rings. The maximum Gasteiger partial charge on any atom is 0.314 e. The standard InChI is InChI=1S/C19H32O2.C18H30O2.C17H28O2.C16H26O2.2C10H16O4/c1-6-17(2,3)16(20)21-18(4,5)19-10-13-7-14(11-19)9-15(8-13)12-19;1-5-17(3,4)16(19)20-18(6-2)14-8-12-7-13(10-14)11-15(18)9-12;1-5-16(2,3)15(18)19-17(4)13-7-11-6-12(9-13)10-14(17)8-11;1-4-15(2,3)14(17)18-16-8-11-5-12(9-16)7-13(6-11)10-16;1-4-10(2,3)9(12)14-7-5-8(11)13-6-7;1-4-10(2,3)9(12)14-8-6-5-7(11)13-8/h13-15H,6-12H2,1-5H3;12-15H,5-11H2,1-4H3;11-14H,5-10H2,1-4H3;11-13H,4-10H2,1-3H3;7H,4-6H2,1-3H3;8H,4-6H2,1-3H3. The van der Waals surface area contributed by atoms with Gasteiger partial charge in [0.05, 0.1) is 45.3 Å². The molecule has 16 bridgehead atoms. The van der Waals surface area contributed by atoms with E-state index in [9.17, 15) is 38.4 Å². The molecule has 0 spiro atoms. The normalized spacial score (nSPS) is 36.6. The fourth-order valence-electron chi connectivity index (χ4n) is 22.2. The van der Waals surface area contributed by atoms with Crippen molar-refractivity contribution >= 4 is 47.8 Å². The van der Waals surface area contributed by atoms with Gasteiger partial charge in [-0.2, -0.15) is 0 Å². The first-order valence-electron chi connectivity index (χ1n) is 43.0. The quantitative estimate of drug-likeness (QED) is 0.0819. The van der Waals surface area contributed by atoms with Crippen molar-refractivity contribution in [2.45, 2.75) is 393 Å². The van der Waals surface area contributed by atoms with E-state index >= 15 is 0 Å². The zero-order valence-corrected chi connectivity index (χ0v) is 70.6. The van der Waals surface area contributed by atoms with Crippen LogP contribution in [0, 0.1) is 121 Å². The number of esters is 8. The van der Waals surface area contributed by atoms with Crippen molar-refractivity contribution in [3.63, 3.8) is 0 Å². The van der Waals surface area contributed by atoms with E-state index in [0.717, 1.165) is 111 Å². The third-order valence-corrected chi connectivity index (χ3v) is 31.2. The van der Waals surface area contributed by atoms with Crippen LogP contribution in [0.5, 0.6) is 0 Å². The van der Waals surface area contributed by atoms with Crippen molar-refractivity contribution in [3.05, 3.63) is 0 Å². The van der Waals surface area contributed by atoms with E-state index in [1.165, 1.54) is 122 Å². The average Bonchev–Trinajstić information content (AvgIpc) is 0.841. The lowest BCUT2D eigenvalue weighted by Crippen LogP contribution is -2.60. The largest absolute Gasteiger partial charge is 0.462 e. The van der Waals surface area contributed by atoms with E-state index < -0.39 is 17.1 Å². The molecule has 604 valence electrons. The molecule has 2 aliphatic heterocycles. The summed E-state index contributed by atoms with van der Waals surface area (Å²) in [6.07, 6.45) is 34.8. The lowest BCUT2D eigenvalue weighted by atomic mass is 9.46. The first-order chi connectivity index (χ1) is 49.3. The lowest BCUT2D eigenvalue weighted by Gasteiger charge is -2.61. The van der Waals surface area contributed by atoms with E-state index in [1.807, 2.05) is 96.9 Å². The Bertz CT molecular complexity index is 2920. The van der Waals surface area contributed by atoms with E-state index in [4.69, 9.17) is 37.9 Å². The molecule has 16 heteroatoms. The minimum Gasteiger partial charge on any atom is -0.462 e. The molecular formula is C90H148O16. The average molecular weight is 1490 g/mol. The fourth-order valence-corrected chi connectivity index (χ4v) is 22.2. The highest BCUT2D eigenvalue weighted by atomic mass is 16.7. The van der Waals surface area contributed by atoms with Gasteiger partial charge in [-0.05, 0) is 373 Å². The molecule has 0 aromatic heterocycles. The molecule has 16 saturated carbocycles. The van der Waals surface area contributed by atoms with Gasteiger partial charge in [-0.3, -0.25) is 38.4 Å². The van der Waals surface area contributed by atoms with Gasteiger partial charge < -0.3 is 37.9 Å². The van der Waals surface area contributed by atoms with Crippen LogP contribution in [-0.2, 0) is 76.3 Å². The van der Waals surface area contributed by atoms with Gasteiger partial charge in [0.2, 0.25) is 6.29 Å². The number of ether oxygens (including phenoxy) is 8. The van der Waals surface area contributed by atoms with Gasteiger partial charge in [0.25, 0.3) is 0 Å². The van der Waals surface area contributed by atoms with Crippen molar-refractivity contribution in [3.8, 4) is 0 Å². The number of carbonyl (C=O) groups excluding carboxylic acids is 8. The van der Waals surface area contributed by atoms with Crippen molar-refractivity contribution in [1.29, 1.82) is 0 Å². The molecule has 18 fully saturated rings. The van der Waals surface area contributed by atoms with Crippen LogP contribution in [0.25, 0.3) is 0 Å². The molecule has 2 saturated heterocycles. The summed E-state index contributed by atoms with van der Waals surface area (Å²) in [6.45, 7) is 44.5. The molecule has 0 N–H and O–H groups in total. The second kappa shape index (κ2) is 32.8. The second-order valence-electron chi connectivity index (χ2n) is 41.7. The van der Waals surface area contributed by atoms with Crippen LogP contribution in [0.1, 0.15) is 358 Å². The summed E-state index contributed by atoms with van der Waals surface area (Å²) in [4.78, 5) is 94.6. The Morgan fingerprint density at radius 3 is 1.07 bits per heavy atom. The van der Waals surface area contributed by atoms with Gasteiger partial charge in [-0.25, -0.2) is 0 Å². The van der Waals surface area contributed by atoms with E-state index in [-0.39, 0.29) is 116 Å². The molecule has 0 radical (unpaired) electrons. The van der Waals surface area contributed by atoms with Crippen LogP contribution < -0.4 is 0 Å². The van der Waals surface area contributed by atoms with Gasteiger partial charge in [-0.15, -0.1) is 0 Å². The Hall–Kier alpha value is -4.24. The third-order valence-electron chi connectivity index (χ3n) is 31.2. The number of carbonyl (C=O) groups is 8. The monoisotopic (exact) mass is 1490 g/mol. The molecule has 2 atom stereocenters. The molecule has 2 heterocycles. The Balaban J connectivity index is 0.000000148. The van der Waals surface area contributed by atoms with Gasteiger partial charge in [0.15, 0.2) is 0 Å². The number of cyclic esters (lactones) is 2. The van der Waals surface area contributed by atoms with E-state index in [0.29, 0.717) is 49.4 Å². The number of hydrogen-bond donors (Lipinski definition) is 0. The van der Waals surface area contributed by atoms with Crippen molar-refractivity contribution < 1.29 is 76.3 Å². The molecule has 16 aliphatic carbocycles. The van der Waals surface area contributed by atoms with Gasteiger partial charge in [0, 0.05) is 11.8 Å². The van der Waals surface area contributed by atoms with Gasteiger partial charge in [-0.1, -0.05) is 48.5 Å². The van der Waals surface area contributed by atoms with Crippen molar-refractivity contribution in [2.75, 3.05) is 6.61 Å². The van der Waals surface area contributed by atoms with Crippen LogP contribution in [0.3, 0.4) is 0 Å². The Kier molecular flexibility index (Phi) is 26.6. The smallest absolute Gasteiger partial charge is 0.314 e. The van der Waals surface area contributed by atoms with Gasteiger partial charge >= 0.3 is 47.8 Å².